The lowest BCUT2D eigenvalue weighted by atomic mass is 10.1. The number of anilines is 1. The van der Waals surface area contributed by atoms with E-state index in [1.165, 1.54) is 0 Å². The number of rotatable bonds is 7. The van der Waals surface area contributed by atoms with Gasteiger partial charge in [-0.05, 0) is 31.0 Å². The summed E-state index contributed by atoms with van der Waals surface area (Å²) >= 11 is 11.9. The minimum Gasteiger partial charge on any atom is -0.351 e. The number of amides is 2. The highest BCUT2D eigenvalue weighted by molar-refractivity contribution is 6.42. The van der Waals surface area contributed by atoms with Crippen molar-refractivity contribution in [1.82, 2.24) is 5.32 Å². The number of halogens is 2. The molecule has 7 heteroatoms. The summed E-state index contributed by atoms with van der Waals surface area (Å²) in [5.41, 5.74) is 6.37. The van der Waals surface area contributed by atoms with E-state index in [2.05, 4.69) is 12.2 Å². The standard InChI is InChI=1S/C17H23Cl2N3O2/c1-2-3-4-11(10-20)21-16(23)13-7-8-22(17(13)24)12-5-6-14(18)15(19)9-12/h5-6,9,11,13H,2-4,7-8,10,20H2,1H3,(H,21,23). The van der Waals surface area contributed by atoms with Crippen LogP contribution in [0.3, 0.4) is 0 Å². The molecule has 0 spiro atoms. The molecule has 2 amide bonds. The highest BCUT2D eigenvalue weighted by atomic mass is 35.5. The first-order valence-electron chi connectivity index (χ1n) is 8.24. The Morgan fingerprint density at radius 2 is 2.17 bits per heavy atom. The largest absolute Gasteiger partial charge is 0.351 e. The maximum atomic E-state index is 12.6. The van der Waals surface area contributed by atoms with Gasteiger partial charge in [0, 0.05) is 24.8 Å². The number of hydrogen-bond donors (Lipinski definition) is 2. The van der Waals surface area contributed by atoms with Gasteiger partial charge in [0.2, 0.25) is 11.8 Å². The van der Waals surface area contributed by atoms with Crippen molar-refractivity contribution in [2.24, 2.45) is 11.7 Å². The van der Waals surface area contributed by atoms with Crippen LogP contribution in [-0.2, 0) is 9.59 Å². The summed E-state index contributed by atoms with van der Waals surface area (Å²) in [5.74, 6) is -1.12. The number of benzene rings is 1. The van der Waals surface area contributed by atoms with E-state index >= 15 is 0 Å². The van der Waals surface area contributed by atoms with Gasteiger partial charge in [-0.25, -0.2) is 0 Å². The van der Waals surface area contributed by atoms with Crippen molar-refractivity contribution < 1.29 is 9.59 Å². The predicted molar refractivity (Wildman–Crippen MR) is 97.4 cm³/mol. The number of unbranched alkanes of at least 4 members (excludes halogenated alkanes) is 1. The molecule has 0 aromatic heterocycles. The van der Waals surface area contributed by atoms with Crippen LogP contribution in [0.2, 0.25) is 10.0 Å². The number of nitrogens with zero attached hydrogens (tertiary/aromatic N) is 1. The van der Waals surface area contributed by atoms with Gasteiger partial charge in [-0.15, -0.1) is 0 Å². The van der Waals surface area contributed by atoms with Crippen LogP contribution < -0.4 is 16.0 Å². The van der Waals surface area contributed by atoms with Crippen molar-refractivity contribution in [2.45, 2.75) is 38.6 Å². The third-order valence-electron chi connectivity index (χ3n) is 4.27. The number of hydrogen-bond acceptors (Lipinski definition) is 3. The molecule has 1 aromatic carbocycles. The van der Waals surface area contributed by atoms with Crippen LogP contribution in [0.5, 0.6) is 0 Å². The van der Waals surface area contributed by atoms with Crippen LogP contribution in [0.25, 0.3) is 0 Å². The SMILES string of the molecule is CCCCC(CN)NC(=O)C1CCN(c2ccc(Cl)c(Cl)c2)C1=O. The molecular formula is C17H23Cl2N3O2. The van der Waals surface area contributed by atoms with E-state index in [1.807, 2.05) is 0 Å². The van der Waals surface area contributed by atoms with Crippen molar-refractivity contribution in [1.29, 1.82) is 0 Å². The molecule has 5 nitrogen and oxygen atoms in total. The second-order valence-corrected chi connectivity index (χ2v) is 6.83. The van der Waals surface area contributed by atoms with E-state index in [0.29, 0.717) is 35.2 Å². The quantitative estimate of drug-likeness (QED) is 0.723. The molecular weight excluding hydrogens is 349 g/mol. The Balaban J connectivity index is 2.02. The first kappa shape index (κ1) is 19.0. The van der Waals surface area contributed by atoms with Crippen LogP contribution >= 0.6 is 23.2 Å². The first-order valence-corrected chi connectivity index (χ1v) is 9.00. The maximum absolute atomic E-state index is 12.6. The fraction of sp³-hybridized carbons (Fsp3) is 0.529. The lowest BCUT2D eigenvalue weighted by molar-refractivity contribution is -0.132. The number of nitrogens with two attached hydrogens (primary N) is 1. The molecule has 1 aliphatic heterocycles. The van der Waals surface area contributed by atoms with Crippen molar-refractivity contribution in [2.75, 3.05) is 18.0 Å². The average Bonchev–Trinajstić information content (AvgIpc) is 2.95. The molecule has 24 heavy (non-hydrogen) atoms. The fourth-order valence-corrected chi connectivity index (χ4v) is 3.13. The molecule has 2 atom stereocenters. The van der Waals surface area contributed by atoms with E-state index in [4.69, 9.17) is 28.9 Å². The molecule has 1 aromatic rings. The van der Waals surface area contributed by atoms with E-state index in [-0.39, 0.29) is 17.9 Å². The van der Waals surface area contributed by atoms with Gasteiger partial charge < -0.3 is 16.0 Å². The van der Waals surface area contributed by atoms with Crippen molar-refractivity contribution in [3.63, 3.8) is 0 Å². The third-order valence-corrected chi connectivity index (χ3v) is 5.01. The van der Waals surface area contributed by atoms with Crippen LogP contribution in [0.1, 0.15) is 32.6 Å². The minimum absolute atomic E-state index is 0.0794. The monoisotopic (exact) mass is 371 g/mol. The van der Waals surface area contributed by atoms with E-state index in [1.54, 1.807) is 23.1 Å². The van der Waals surface area contributed by atoms with E-state index < -0.39 is 5.92 Å². The van der Waals surface area contributed by atoms with Gasteiger partial charge in [0.15, 0.2) is 0 Å². The van der Waals surface area contributed by atoms with Crippen LogP contribution in [0, 0.1) is 5.92 Å². The highest BCUT2D eigenvalue weighted by Gasteiger charge is 2.38. The van der Waals surface area contributed by atoms with Gasteiger partial charge in [0.05, 0.1) is 10.0 Å². The lowest BCUT2D eigenvalue weighted by Crippen LogP contribution is -2.45. The fourth-order valence-electron chi connectivity index (χ4n) is 2.83. The first-order chi connectivity index (χ1) is 11.5. The average molecular weight is 372 g/mol. The summed E-state index contributed by atoms with van der Waals surface area (Å²) in [6.07, 6.45) is 3.35. The van der Waals surface area contributed by atoms with Crippen LogP contribution in [0.15, 0.2) is 18.2 Å². The maximum Gasteiger partial charge on any atom is 0.239 e. The topological polar surface area (TPSA) is 75.4 Å². The normalized spacial score (nSPS) is 18.8. The van der Waals surface area contributed by atoms with Gasteiger partial charge in [-0.1, -0.05) is 43.0 Å². The molecule has 0 saturated carbocycles. The van der Waals surface area contributed by atoms with Gasteiger partial charge in [0.25, 0.3) is 0 Å². The van der Waals surface area contributed by atoms with Gasteiger partial charge in [-0.2, -0.15) is 0 Å². The van der Waals surface area contributed by atoms with Crippen molar-refractivity contribution >= 4 is 40.7 Å². The van der Waals surface area contributed by atoms with E-state index in [0.717, 1.165) is 19.3 Å². The predicted octanol–water partition coefficient (Wildman–Crippen LogP) is 2.98. The van der Waals surface area contributed by atoms with Gasteiger partial charge >= 0.3 is 0 Å². The van der Waals surface area contributed by atoms with Crippen LogP contribution in [-0.4, -0.2) is 30.9 Å². The molecule has 1 saturated heterocycles. The third kappa shape index (κ3) is 4.41. The molecule has 2 unspecified atom stereocenters. The molecule has 1 fully saturated rings. The number of nitrogens with one attached hydrogen (secondary N) is 1. The Kier molecular flexibility index (Phi) is 6.90. The minimum atomic E-state index is -0.671. The van der Waals surface area contributed by atoms with E-state index in [9.17, 15) is 9.59 Å². The second kappa shape index (κ2) is 8.70. The Labute approximate surface area is 152 Å². The Bertz CT molecular complexity index is 609. The van der Waals surface area contributed by atoms with Crippen molar-refractivity contribution in [3.05, 3.63) is 28.2 Å². The molecule has 0 radical (unpaired) electrons. The summed E-state index contributed by atoms with van der Waals surface area (Å²) in [7, 11) is 0. The van der Waals surface area contributed by atoms with Crippen molar-refractivity contribution in [3.8, 4) is 0 Å². The summed E-state index contributed by atoms with van der Waals surface area (Å²) < 4.78 is 0. The number of carbonyl (C=O) groups excluding carboxylic acids is 2. The lowest BCUT2D eigenvalue weighted by Gasteiger charge is -2.20. The van der Waals surface area contributed by atoms with Gasteiger partial charge in [-0.3, -0.25) is 9.59 Å². The Hall–Kier alpha value is -1.30. The summed E-state index contributed by atoms with van der Waals surface area (Å²) in [5, 5.41) is 3.73. The zero-order valence-electron chi connectivity index (χ0n) is 13.7. The molecule has 3 N–H and O–H groups in total. The molecule has 2 rings (SSSR count). The zero-order valence-corrected chi connectivity index (χ0v) is 15.2. The second-order valence-electron chi connectivity index (χ2n) is 6.01. The molecule has 0 aliphatic carbocycles. The molecule has 1 heterocycles. The van der Waals surface area contributed by atoms with Crippen LogP contribution in [0.4, 0.5) is 5.69 Å². The molecule has 1 aliphatic rings. The Morgan fingerprint density at radius 1 is 1.42 bits per heavy atom. The Morgan fingerprint density at radius 3 is 2.79 bits per heavy atom. The molecule has 0 bridgehead atoms. The zero-order chi connectivity index (χ0) is 17.7. The molecule has 132 valence electrons. The highest BCUT2D eigenvalue weighted by Crippen LogP contribution is 2.31. The summed E-state index contributed by atoms with van der Waals surface area (Å²) in [6.45, 7) is 2.95. The number of carbonyl (C=O) groups is 2. The van der Waals surface area contributed by atoms with Gasteiger partial charge in [0.1, 0.15) is 5.92 Å². The summed E-state index contributed by atoms with van der Waals surface area (Å²) in [4.78, 5) is 26.6. The smallest absolute Gasteiger partial charge is 0.239 e. The summed E-state index contributed by atoms with van der Waals surface area (Å²) in [6, 6.07) is 4.95.